The third-order valence-corrected chi connectivity index (χ3v) is 4.16. The van der Waals surface area contributed by atoms with Gasteiger partial charge in [-0.3, -0.25) is 4.98 Å². The van der Waals surface area contributed by atoms with Gasteiger partial charge >= 0.3 is 0 Å². The quantitative estimate of drug-likeness (QED) is 0.684. The van der Waals surface area contributed by atoms with E-state index in [2.05, 4.69) is 23.8 Å². The average molecular weight is 359 g/mol. The fraction of sp³-hybridized carbons (Fsp3) is 0.500. The molecule has 0 saturated heterocycles. The molecule has 1 atom stereocenters. The molecule has 26 heavy (non-hydrogen) atoms. The van der Waals surface area contributed by atoms with Gasteiger partial charge in [0.05, 0.1) is 38.3 Å². The normalized spacial score (nSPS) is 12.0. The van der Waals surface area contributed by atoms with Crippen LogP contribution in [0.25, 0.3) is 11.3 Å². The molecule has 0 aliphatic heterocycles. The Labute approximate surface area is 155 Å². The summed E-state index contributed by atoms with van der Waals surface area (Å²) in [5, 5.41) is 0. The zero-order valence-corrected chi connectivity index (χ0v) is 16.1. The highest BCUT2D eigenvalue weighted by atomic mass is 16.5. The van der Waals surface area contributed by atoms with E-state index >= 15 is 0 Å². The van der Waals surface area contributed by atoms with Gasteiger partial charge in [0, 0.05) is 11.6 Å². The highest BCUT2D eigenvalue weighted by molar-refractivity contribution is 5.69. The molecule has 0 bridgehead atoms. The van der Waals surface area contributed by atoms with Crippen molar-refractivity contribution >= 4 is 5.82 Å². The second kappa shape index (κ2) is 9.97. The third-order valence-electron chi connectivity index (χ3n) is 4.16. The number of benzene rings is 1. The number of nitrogens with two attached hydrogens (primary N) is 1. The maximum Gasteiger partial charge on any atom is 0.148 e. The van der Waals surface area contributed by atoms with Crippen molar-refractivity contribution in [2.45, 2.75) is 52.7 Å². The number of ether oxygens (including phenoxy) is 3. The molecule has 142 valence electrons. The van der Waals surface area contributed by atoms with Crippen molar-refractivity contribution in [3.05, 3.63) is 30.1 Å². The van der Waals surface area contributed by atoms with Crippen LogP contribution in [0.15, 0.2) is 24.4 Å². The highest BCUT2D eigenvalue weighted by Gasteiger charge is 2.13. The maximum absolute atomic E-state index is 6.11. The van der Waals surface area contributed by atoms with E-state index in [1.165, 1.54) is 0 Å². The molecule has 1 unspecified atom stereocenters. The Morgan fingerprint density at radius 2 is 2.00 bits per heavy atom. The Balaban J connectivity index is 2.18. The van der Waals surface area contributed by atoms with Crippen molar-refractivity contribution < 1.29 is 14.2 Å². The number of rotatable bonds is 10. The van der Waals surface area contributed by atoms with E-state index in [9.17, 15) is 0 Å². The van der Waals surface area contributed by atoms with Gasteiger partial charge in [0.25, 0.3) is 0 Å². The molecule has 0 aliphatic carbocycles. The summed E-state index contributed by atoms with van der Waals surface area (Å²) < 4.78 is 16.9. The van der Waals surface area contributed by atoms with Crippen LogP contribution in [0.5, 0.6) is 11.5 Å². The minimum atomic E-state index is 0.229. The van der Waals surface area contributed by atoms with Crippen LogP contribution in [0.1, 0.15) is 45.7 Å². The van der Waals surface area contributed by atoms with Crippen LogP contribution in [0.4, 0.5) is 5.82 Å². The summed E-state index contributed by atoms with van der Waals surface area (Å²) in [6, 6.07) is 5.62. The van der Waals surface area contributed by atoms with E-state index < -0.39 is 0 Å². The highest BCUT2D eigenvalue weighted by Crippen LogP contribution is 2.32. The molecule has 0 saturated carbocycles. The van der Waals surface area contributed by atoms with Crippen molar-refractivity contribution in [3.63, 3.8) is 0 Å². The number of aromatic nitrogens is 2. The van der Waals surface area contributed by atoms with Gasteiger partial charge in [-0.1, -0.05) is 20.3 Å². The first-order valence-corrected chi connectivity index (χ1v) is 9.17. The second-order valence-electron chi connectivity index (χ2n) is 6.01. The van der Waals surface area contributed by atoms with Crippen LogP contribution >= 0.6 is 0 Å². The van der Waals surface area contributed by atoms with E-state index in [1.54, 1.807) is 13.3 Å². The molecule has 1 aromatic carbocycles. The number of hydrogen-bond donors (Lipinski definition) is 1. The SMILES string of the molecule is CCCC(CC)OCc1ncc(-c2ccc(OCC)cc2OC)nc1N. The first kappa shape index (κ1) is 20.0. The molecule has 6 nitrogen and oxygen atoms in total. The first-order chi connectivity index (χ1) is 12.6. The Kier molecular flexibility index (Phi) is 7.66. The smallest absolute Gasteiger partial charge is 0.148 e. The molecule has 2 N–H and O–H groups in total. The first-order valence-electron chi connectivity index (χ1n) is 9.17. The van der Waals surface area contributed by atoms with E-state index in [1.807, 2.05) is 25.1 Å². The molecule has 6 heteroatoms. The van der Waals surface area contributed by atoms with Gasteiger partial charge in [0.2, 0.25) is 0 Å². The summed E-state index contributed by atoms with van der Waals surface area (Å²) in [6.45, 7) is 7.19. The van der Waals surface area contributed by atoms with Crippen LogP contribution < -0.4 is 15.2 Å². The van der Waals surface area contributed by atoms with Gasteiger partial charge < -0.3 is 19.9 Å². The summed E-state index contributed by atoms with van der Waals surface area (Å²) in [5.41, 5.74) is 8.25. The number of hydrogen-bond acceptors (Lipinski definition) is 6. The van der Waals surface area contributed by atoms with Crippen molar-refractivity contribution in [1.29, 1.82) is 0 Å². The van der Waals surface area contributed by atoms with Crippen LogP contribution in [-0.2, 0) is 11.3 Å². The molecule has 0 fully saturated rings. The fourth-order valence-electron chi connectivity index (χ4n) is 2.73. The number of nitrogens with zero attached hydrogens (tertiary/aromatic N) is 2. The van der Waals surface area contributed by atoms with Crippen LogP contribution in [0.2, 0.25) is 0 Å². The Morgan fingerprint density at radius 1 is 1.19 bits per heavy atom. The van der Waals surface area contributed by atoms with E-state index in [0.717, 1.165) is 30.6 Å². The van der Waals surface area contributed by atoms with Crippen molar-refractivity contribution in [3.8, 4) is 22.8 Å². The lowest BCUT2D eigenvalue weighted by atomic mass is 10.1. The predicted molar refractivity (Wildman–Crippen MR) is 103 cm³/mol. The van der Waals surface area contributed by atoms with Crippen molar-refractivity contribution in [2.75, 3.05) is 19.5 Å². The molecule has 1 heterocycles. The molecule has 0 aliphatic rings. The second-order valence-corrected chi connectivity index (χ2v) is 6.01. The monoisotopic (exact) mass is 359 g/mol. The lowest BCUT2D eigenvalue weighted by Gasteiger charge is -2.16. The topological polar surface area (TPSA) is 79.5 Å². The summed E-state index contributed by atoms with van der Waals surface area (Å²) in [5.74, 6) is 1.80. The lowest BCUT2D eigenvalue weighted by molar-refractivity contribution is 0.0306. The molecule has 0 amide bonds. The third kappa shape index (κ3) is 5.08. The van der Waals surface area contributed by atoms with Gasteiger partial charge in [0.1, 0.15) is 23.0 Å². The summed E-state index contributed by atoms with van der Waals surface area (Å²) in [6.07, 6.45) is 5.03. The average Bonchev–Trinajstić information content (AvgIpc) is 2.66. The predicted octanol–water partition coefficient (Wildman–Crippen LogP) is 4.23. The number of nitrogen functional groups attached to an aromatic ring is 1. The zero-order chi connectivity index (χ0) is 18.9. The lowest BCUT2D eigenvalue weighted by Crippen LogP contribution is -2.13. The van der Waals surface area contributed by atoms with Crippen LogP contribution in [0.3, 0.4) is 0 Å². The van der Waals surface area contributed by atoms with Gasteiger partial charge in [0.15, 0.2) is 0 Å². The Hall–Kier alpha value is -2.34. The van der Waals surface area contributed by atoms with Gasteiger partial charge in [-0.25, -0.2) is 4.98 Å². The summed E-state index contributed by atoms with van der Waals surface area (Å²) in [4.78, 5) is 8.95. The van der Waals surface area contributed by atoms with E-state index in [4.69, 9.17) is 19.9 Å². The zero-order valence-electron chi connectivity index (χ0n) is 16.1. The molecule has 0 radical (unpaired) electrons. The molecular formula is C20H29N3O3. The molecule has 0 spiro atoms. The van der Waals surface area contributed by atoms with E-state index in [-0.39, 0.29) is 6.10 Å². The molecule has 2 aromatic rings. The minimum absolute atomic E-state index is 0.229. The van der Waals surface area contributed by atoms with Gasteiger partial charge in [-0.2, -0.15) is 0 Å². The molecular weight excluding hydrogens is 330 g/mol. The number of anilines is 1. The minimum Gasteiger partial charge on any atom is -0.496 e. The van der Waals surface area contributed by atoms with Crippen LogP contribution in [0, 0.1) is 0 Å². The van der Waals surface area contributed by atoms with Crippen LogP contribution in [-0.4, -0.2) is 29.8 Å². The van der Waals surface area contributed by atoms with Crippen molar-refractivity contribution in [1.82, 2.24) is 9.97 Å². The summed E-state index contributed by atoms with van der Waals surface area (Å²) >= 11 is 0. The van der Waals surface area contributed by atoms with Gasteiger partial charge in [-0.05, 0) is 31.9 Å². The molecule has 1 aromatic heterocycles. The van der Waals surface area contributed by atoms with E-state index in [0.29, 0.717) is 36.2 Å². The fourth-order valence-corrected chi connectivity index (χ4v) is 2.73. The maximum atomic E-state index is 6.11. The Morgan fingerprint density at radius 3 is 2.62 bits per heavy atom. The largest absolute Gasteiger partial charge is 0.496 e. The Bertz CT molecular complexity index is 707. The standard InChI is InChI=1S/C20H29N3O3/c1-5-8-14(6-2)26-13-18-20(21)23-17(12-22-18)16-10-9-15(25-7-3)11-19(16)24-4/h9-12,14H,5-8,13H2,1-4H3,(H2,21,23). The number of methoxy groups -OCH3 is 1. The van der Waals surface area contributed by atoms with Crippen molar-refractivity contribution in [2.24, 2.45) is 0 Å². The molecule has 2 rings (SSSR count). The summed E-state index contributed by atoms with van der Waals surface area (Å²) in [7, 11) is 1.62. The van der Waals surface area contributed by atoms with Gasteiger partial charge in [-0.15, -0.1) is 0 Å².